The molecule has 8 nitrogen and oxygen atoms in total. The van der Waals surface area contributed by atoms with Gasteiger partial charge in [0.2, 0.25) is 0 Å². The van der Waals surface area contributed by atoms with E-state index in [0.717, 1.165) is 43.5 Å². The topological polar surface area (TPSA) is 98.1 Å². The zero-order valence-electron chi connectivity index (χ0n) is 51.6. The number of hydrogen-bond acceptors (Lipinski definition) is 6. The standard InChI is InChI=1S/C43H26N4.C22H13N.C21H14BrN3.CH4.B/c1-3-13-27(14-4-1)41-44-42(28-15-5-2-6-16-28)46-43(45-41)29-17-11-18-30(25-29)47-38-24-10-9-21-33(38)37-26-36-32-20-8-7-19-31(32)34-22-12-23-35(39(34)36)40(37)47;1-2-7-14-13(6-1)16-9-5-10-17-21(16)18(14)12-19-15-8-3-4-11-20(15)23-22(17)19;22-18-13-7-12-17(14-18)21-24-19(15-8-3-1-4-9-15)23-20(25-21)16-10-5-2-6-11-16;;/h1-26H;1-12,23H;1-14H;1H4;. The summed E-state index contributed by atoms with van der Waals surface area (Å²) in [6, 6.07) is 110. The number of aromatic nitrogens is 8. The van der Waals surface area contributed by atoms with E-state index in [1.807, 2.05) is 146 Å². The summed E-state index contributed by atoms with van der Waals surface area (Å²) >= 11 is 3.52. The van der Waals surface area contributed by atoms with Crippen LogP contribution < -0.4 is 0 Å². The lowest BCUT2D eigenvalue weighted by Gasteiger charge is -2.13. The van der Waals surface area contributed by atoms with Crippen molar-refractivity contribution in [2.75, 3.05) is 0 Å². The van der Waals surface area contributed by atoms with Gasteiger partial charge in [0.15, 0.2) is 34.9 Å². The van der Waals surface area contributed by atoms with E-state index in [-0.39, 0.29) is 15.8 Å². The monoisotopic (exact) mass is 1300 g/mol. The molecule has 455 valence electrons. The zero-order valence-corrected chi connectivity index (χ0v) is 53.2. The fourth-order valence-corrected chi connectivity index (χ4v) is 14.5. The normalized spacial score (nSPS) is 11.4. The number of nitrogens with zero attached hydrogens (tertiary/aromatic N) is 7. The average molecular weight is 1310 g/mol. The maximum atomic E-state index is 5.02. The first kappa shape index (κ1) is 59.8. The number of aromatic amines is 1. The summed E-state index contributed by atoms with van der Waals surface area (Å²) in [5, 5.41) is 10.4. The summed E-state index contributed by atoms with van der Waals surface area (Å²) in [5.41, 5.74) is 22.3. The number of fused-ring (bicyclic) bond motifs is 14. The molecule has 0 atom stereocenters. The fraction of sp³-hybridized carbons (Fsp3) is 0.0115. The van der Waals surface area contributed by atoms with Crippen LogP contribution in [0.15, 0.2) is 320 Å². The molecule has 18 aromatic rings. The van der Waals surface area contributed by atoms with E-state index >= 15 is 0 Å². The number of halogens is 1. The molecule has 0 fully saturated rings. The van der Waals surface area contributed by atoms with Crippen LogP contribution in [-0.4, -0.2) is 47.9 Å². The predicted octanol–water partition coefficient (Wildman–Crippen LogP) is 22.8. The minimum atomic E-state index is 0. The van der Waals surface area contributed by atoms with Gasteiger partial charge in [-0.25, -0.2) is 29.9 Å². The largest absolute Gasteiger partial charge is 0.354 e. The van der Waals surface area contributed by atoms with Crippen LogP contribution in [-0.2, 0) is 0 Å². The first-order valence-corrected chi connectivity index (χ1v) is 32.6. The number of nitrogens with one attached hydrogen (secondary N) is 1. The summed E-state index contributed by atoms with van der Waals surface area (Å²) in [6.45, 7) is 0. The molecule has 10 heteroatoms. The molecule has 0 unspecified atom stereocenters. The van der Waals surface area contributed by atoms with Crippen LogP contribution in [0.2, 0.25) is 0 Å². The van der Waals surface area contributed by atoms with Crippen LogP contribution in [0.4, 0.5) is 0 Å². The maximum Gasteiger partial charge on any atom is 0.164 e. The Morgan fingerprint density at radius 1 is 0.268 bits per heavy atom. The highest BCUT2D eigenvalue weighted by molar-refractivity contribution is 9.10. The molecular formula is C87H57BBrN8. The summed E-state index contributed by atoms with van der Waals surface area (Å²) < 4.78 is 3.41. The molecule has 4 aromatic heterocycles. The molecular weight excluding hydrogens is 1250 g/mol. The van der Waals surface area contributed by atoms with Crippen molar-refractivity contribution >= 4 is 89.5 Å². The highest BCUT2D eigenvalue weighted by Crippen LogP contribution is 2.52. The number of para-hydroxylation sites is 2. The number of rotatable bonds is 7. The molecule has 1 N–H and O–H groups in total. The molecule has 0 saturated heterocycles. The van der Waals surface area contributed by atoms with Gasteiger partial charge in [0.05, 0.1) is 16.6 Å². The van der Waals surface area contributed by atoms with Crippen molar-refractivity contribution in [3.63, 3.8) is 0 Å². The lowest BCUT2D eigenvalue weighted by molar-refractivity contribution is 1.07. The van der Waals surface area contributed by atoms with Crippen LogP contribution >= 0.6 is 15.9 Å². The Kier molecular flexibility index (Phi) is 15.3. The molecule has 0 spiro atoms. The van der Waals surface area contributed by atoms with E-state index in [9.17, 15) is 0 Å². The van der Waals surface area contributed by atoms with Crippen molar-refractivity contribution < 1.29 is 0 Å². The van der Waals surface area contributed by atoms with E-state index in [1.165, 1.54) is 110 Å². The smallest absolute Gasteiger partial charge is 0.164 e. The second-order valence-electron chi connectivity index (χ2n) is 23.9. The summed E-state index contributed by atoms with van der Waals surface area (Å²) in [7, 11) is 0. The first-order chi connectivity index (χ1) is 47.0. The van der Waals surface area contributed by atoms with Crippen molar-refractivity contribution in [1.29, 1.82) is 0 Å². The Bertz CT molecular complexity index is 5940. The van der Waals surface area contributed by atoms with Crippen LogP contribution in [0.3, 0.4) is 0 Å². The van der Waals surface area contributed by atoms with E-state index < -0.39 is 0 Å². The predicted molar refractivity (Wildman–Crippen MR) is 406 cm³/mol. The average Bonchev–Trinajstić information content (AvgIpc) is 1.54. The molecule has 0 amide bonds. The van der Waals surface area contributed by atoms with Gasteiger partial charge in [-0.15, -0.1) is 0 Å². The molecule has 0 aliphatic heterocycles. The summed E-state index contributed by atoms with van der Waals surface area (Å²) in [5.74, 6) is 3.95. The molecule has 14 aromatic carbocycles. The molecule has 2 aliphatic carbocycles. The Morgan fingerprint density at radius 3 is 1.14 bits per heavy atom. The van der Waals surface area contributed by atoms with Crippen molar-refractivity contribution in [2.24, 2.45) is 0 Å². The van der Waals surface area contributed by atoms with Gasteiger partial charge in [0, 0.05) is 89.8 Å². The van der Waals surface area contributed by atoms with Gasteiger partial charge < -0.3 is 9.55 Å². The number of hydrogen-bond donors (Lipinski definition) is 1. The van der Waals surface area contributed by atoms with Crippen molar-refractivity contribution in [2.45, 2.75) is 7.43 Å². The Morgan fingerprint density at radius 2 is 0.629 bits per heavy atom. The first-order valence-electron chi connectivity index (χ1n) is 31.8. The van der Waals surface area contributed by atoms with Gasteiger partial charge in [0.1, 0.15) is 0 Å². The highest BCUT2D eigenvalue weighted by Gasteiger charge is 2.27. The summed E-state index contributed by atoms with van der Waals surface area (Å²) in [6.07, 6.45) is 0. The third kappa shape index (κ3) is 10.4. The van der Waals surface area contributed by atoms with Gasteiger partial charge >= 0.3 is 0 Å². The Hall–Kier alpha value is -12.2. The van der Waals surface area contributed by atoms with Gasteiger partial charge in [-0.1, -0.05) is 290 Å². The molecule has 4 heterocycles. The van der Waals surface area contributed by atoms with Crippen molar-refractivity contribution in [3.8, 4) is 119 Å². The molecule has 97 heavy (non-hydrogen) atoms. The minimum absolute atomic E-state index is 0. The summed E-state index contributed by atoms with van der Waals surface area (Å²) in [4.78, 5) is 32.7. The molecule has 2 aliphatic rings. The van der Waals surface area contributed by atoms with Crippen LogP contribution in [0, 0.1) is 0 Å². The zero-order chi connectivity index (χ0) is 62.9. The van der Waals surface area contributed by atoms with Gasteiger partial charge in [-0.2, -0.15) is 0 Å². The maximum absolute atomic E-state index is 5.02. The SMILES string of the molecule is Brc1cccc(-c2nc(-c3ccccc3)nc(-c3ccccc3)n2)c1.C.[B].c1ccc(-c2nc(-c3ccccc3)nc(-c3cccc(-n4c5ccccc5c5cc6c7c(cccc7c54)-c4ccccc4-6)c3)n2)cc1.c1ccc2c(c1)-c1cccc3c1c-2cc1c2ccccc2[nH]c31. The molecule has 0 saturated carbocycles. The van der Waals surface area contributed by atoms with E-state index in [4.69, 9.17) is 24.9 Å². The number of H-pyrrole nitrogens is 1. The Balaban J connectivity index is 0.000000124. The van der Waals surface area contributed by atoms with Gasteiger partial charge in [-0.3, -0.25) is 0 Å². The number of benzene rings is 14. The van der Waals surface area contributed by atoms with Gasteiger partial charge in [0.25, 0.3) is 0 Å². The molecule has 3 radical (unpaired) electrons. The van der Waals surface area contributed by atoms with Crippen LogP contribution in [0.25, 0.3) is 184 Å². The lowest BCUT2D eigenvalue weighted by Crippen LogP contribution is -2.01. The Labute approximate surface area is 571 Å². The minimum Gasteiger partial charge on any atom is -0.354 e. The van der Waals surface area contributed by atoms with Crippen molar-refractivity contribution in [1.82, 2.24) is 39.5 Å². The second-order valence-corrected chi connectivity index (χ2v) is 24.8. The third-order valence-electron chi connectivity index (χ3n) is 18.3. The van der Waals surface area contributed by atoms with Crippen molar-refractivity contribution in [3.05, 3.63) is 320 Å². The molecule has 20 rings (SSSR count). The second kappa shape index (κ2) is 24.9. The fourth-order valence-electron chi connectivity index (χ4n) is 14.1. The molecule has 0 bridgehead atoms. The van der Waals surface area contributed by atoms with Crippen LogP contribution in [0.5, 0.6) is 0 Å². The van der Waals surface area contributed by atoms with E-state index in [1.54, 1.807) is 0 Å². The van der Waals surface area contributed by atoms with E-state index in [2.05, 4.69) is 200 Å². The van der Waals surface area contributed by atoms with Crippen LogP contribution in [0.1, 0.15) is 7.43 Å². The van der Waals surface area contributed by atoms with Gasteiger partial charge in [-0.05, 0) is 104 Å². The quantitative estimate of drug-likeness (QED) is 0.160. The highest BCUT2D eigenvalue weighted by atomic mass is 79.9. The lowest BCUT2D eigenvalue weighted by atomic mass is 9.99. The third-order valence-corrected chi connectivity index (χ3v) is 18.8. The van der Waals surface area contributed by atoms with E-state index in [0.29, 0.717) is 34.9 Å².